The van der Waals surface area contributed by atoms with Crippen molar-refractivity contribution in [2.75, 3.05) is 10.0 Å². The van der Waals surface area contributed by atoms with E-state index in [4.69, 9.17) is 11.6 Å². The molecular weight excluding hydrogens is 472 g/mol. The first-order chi connectivity index (χ1) is 16.4. The molecule has 0 aliphatic heterocycles. The molecule has 0 aliphatic rings. The minimum Gasteiger partial charge on any atom is -0.322 e. The summed E-state index contributed by atoms with van der Waals surface area (Å²) in [4.78, 5) is 20.9. The zero-order chi connectivity index (χ0) is 24.0. The first-order valence-corrected chi connectivity index (χ1v) is 12.0. The van der Waals surface area contributed by atoms with Crippen LogP contribution in [0.15, 0.2) is 102 Å². The van der Waals surface area contributed by atoms with Crippen molar-refractivity contribution in [1.82, 2.24) is 9.97 Å². The second-order valence-corrected chi connectivity index (χ2v) is 9.19. The van der Waals surface area contributed by atoms with Gasteiger partial charge in [0, 0.05) is 28.7 Å². The van der Waals surface area contributed by atoms with E-state index in [9.17, 15) is 13.2 Å². The number of rotatable bonds is 7. The van der Waals surface area contributed by atoms with Crippen LogP contribution in [0.1, 0.15) is 11.1 Å². The lowest BCUT2D eigenvalue weighted by molar-refractivity contribution is -0.111. The normalized spacial score (nSPS) is 11.6. The van der Waals surface area contributed by atoms with Gasteiger partial charge in [-0.3, -0.25) is 4.79 Å². The number of nitrogens with one attached hydrogen (secondary N) is 2. The molecule has 34 heavy (non-hydrogen) atoms. The van der Waals surface area contributed by atoms with Gasteiger partial charge in [0.05, 0.1) is 4.90 Å². The number of carbonyl (C=O) groups is 1. The standard InChI is InChI=1S/C25H19ClN4O3S/c26-23-10-5-4-9-19(23)17-22(18-7-2-1-3-8-18)24(31)29-20-11-13-21(14-12-20)34(32,33)30-25-27-15-6-16-28-25/h1-17H,(H,29,31)(H,27,28,30)/b22-17+. The lowest BCUT2D eigenvalue weighted by Crippen LogP contribution is -2.16. The van der Waals surface area contributed by atoms with E-state index in [1.54, 1.807) is 18.2 Å². The van der Waals surface area contributed by atoms with Gasteiger partial charge in [0.1, 0.15) is 0 Å². The van der Waals surface area contributed by atoms with Crippen LogP contribution in [0, 0.1) is 0 Å². The molecule has 1 amide bonds. The third-order valence-electron chi connectivity index (χ3n) is 4.75. The Morgan fingerprint density at radius 3 is 2.15 bits per heavy atom. The van der Waals surface area contributed by atoms with Crippen LogP contribution in [0.2, 0.25) is 5.02 Å². The summed E-state index contributed by atoms with van der Waals surface area (Å²) in [6.45, 7) is 0. The number of hydrogen-bond donors (Lipinski definition) is 2. The molecule has 0 fully saturated rings. The van der Waals surface area contributed by atoms with E-state index in [1.807, 2.05) is 48.5 Å². The van der Waals surface area contributed by atoms with Gasteiger partial charge >= 0.3 is 0 Å². The topological polar surface area (TPSA) is 101 Å². The number of halogens is 1. The van der Waals surface area contributed by atoms with E-state index in [2.05, 4.69) is 20.0 Å². The van der Waals surface area contributed by atoms with Crippen molar-refractivity contribution in [3.8, 4) is 0 Å². The predicted molar refractivity (Wildman–Crippen MR) is 134 cm³/mol. The smallest absolute Gasteiger partial charge is 0.264 e. The highest BCUT2D eigenvalue weighted by molar-refractivity contribution is 7.92. The predicted octanol–water partition coefficient (Wildman–Crippen LogP) is 5.11. The summed E-state index contributed by atoms with van der Waals surface area (Å²) in [6.07, 6.45) is 4.59. The molecule has 0 atom stereocenters. The van der Waals surface area contributed by atoms with E-state index in [0.29, 0.717) is 27.4 Å². The molecule has 170 valence electrons. The van der Waals surface area contributed by atoms with Crippen LogP contribution >= 0.6 is 11.6 Å². The number of aromatic nitrogens is 2. The summed E-state index contributed by atoms with van der Waals surface area (Å²) in [5.74, 6) is -0.394. The van der Waals surface area contributed by atoms with Crippen LogP contribution in [0.4, 0.5) is 11.6 Å². The van der Waals surface area contributed by atoms with Crippen LogP contribution < -0.4 is 10.0 Å². The summed E-state index contributed by atoms with van der Waals surface area (Å²) >= 11 is 6.29. The molecule has 0 saturated heterocycles. The van der Waals surface area contributed by atoms with Gasteiger partial charge in [-0.1, -0.05) is 60.1 Å². The van der Waals surface area contributed by atoms with Crippen LogP contribution in [0.3, 0.4) is 0 Å². The first-order valence-electron chi connectivity index (χ1n) is 10.2. The third-order valence-corrected chi connectivity index (χ3v) is 6.44. The summed E-state index contributed by atoms with van der Waals surface area (Å²) < 4.78 is 27.4. The maximum Gasteiger partial charge on any atom is 0.264 e. The zero-order valence-electron chi connectivity index (χ0n) is 17.7. The maximum absolute atomic E-state index is 13.2. The number of amides is 1. The fourth-order valence-electron chi connectivity index (χ4n) is 3.09. The van der Waals surface area contributed by atoms with E-state index < -0.39 is 10.0 Å². The van der Waals surface area contributed by atoms with E-state index in [1.165, 1.54) is 36.7 Å². The molecular formula is C25H19ClN4O3S. The molecule has 4 aromatic rings. The van der Waals surface area contributed by atoms with Gasteiger partial charge in [-0.05, 0) is 53.6 Å². The molecule has 0 spiro atoms. The first kappa shape index (κ1) is 23.2. The lowest BCUT2D eigenvalue weighted by atomic mass is 10.0. The average molecular weight is 491 g/mol. The van der Waals surface area contributed by atoms with Gasteiger partial charge in [0.2, 0.25) is 5.95 Å². The summed E-state index contributed by atoms with van der Waals surface area (Å²) in [5.41, 5.74) is 2.26. The molecule has 3 aromatic carbocycles. The summed E-state index contributed by atoms with van der Waals surface area (Å²) in [7, 11) is -3.88. The van der Waals surface area contributed by atoms with E-state index in [0.717, 1.165) is 0 Å². The Morgan fingerprint density at radius 2 is 1.47 bits per heavy atom. The second-order valence-electron chi connectivity index (χ2n) is 7.10. The van der Waals surface area contributed by atoms with E-state index in [-0.39, 0.29) is 16.8 Å². The molecule has 2 N–H and O–H groups in total. The number of anilines is 2. The van der Waals surface area contributed by atoms with Crippen molar-refractivity contribution < 1.29 is 13.2 Å². The van der Waals surface area contributed by atoms with Gasteiger partial charge in [-0.2, -0.15) is 0 Å². The number of benzene rings is 3. The fourth-order valence-corrected chi connectivity index (χ4v) is 4.24. The molecule has 1 heterocycles. The minimum atomic E-state index is -3.88. The van der Waals surface area contributed by atoms with Crippen molar-refractivity contribution in [2.24, 2.45) is 0 Å². The quantitative estimate of drug-likeness (QED) is 0.277. The number of sulfonamides is 1. The monoisotopic (exact) mass is 490 g/mol. The molecule has 0 unspecified atom stereocenters. The third kappa shape index (κ3) is 5.67. The lowest BCUT2D eigenvalue weighted by Gasteiger charge is -2.11. The highest BCUT2D eigenvalue weighted by Gasteiger charge is 2.17. The largest absolute Gasteiger partial charge is 0.322 e. The Labute approximate surface area is 202 Å². The molecule has 0 aliphatic carbocycles. The SMILES string of the molecule is O=C(Nc1ccc(S(=O)(=O)Nc2ncccn2)cc1)/C(=C/c1ccccc1Cl)c1ccccc1. The van der Waals surface area contributed by atoms with Crippen LogP contribution in [-0.4, -0.2) is 24.3 Å². The number of carbonyl (C=O) groups excluding carboxylic acids is 1. The van der Waals surface area contributed by atoms with Gasteiger partial charge in [-0.15, -0.1) is 0 Å². The van der Waals surface area contributed by atoms with Crippen molar-refractivity contribution in [1.29, 1.82) is 0 Å². The van der Waals surface area contributed by atoms with Crippen molar-refractivity contribution in [3.63, 3.8) is 0 Å². The fraction of sp³-hybridized carbons (Fsp3) is 0. The Morgan fingerprint density at radius 1 is 0.824 bits per heavy atom. The second kappa shape index (κ2) is 10.3. The van der Waals surface area contributed by atoms with Crippen LogP contribution in [-0.2, 0) is 14.8 Å². The van der Waals surface area contributed by atoms with Crippen molar-refractivity contribution in [3.05, 3.63) is 113 Å². The highest BCUT2D eigenvalue weighted by Crippen LogP contribution is 2.25. The Kier molecular flexibility index (Phi) is 7.01. The summed E-state index contributed by atoms with van der Waals surface area (Å²) in [5, 5.41) is 3.34. The molecule has 9 heteroatoms. The van der Waals surface area contributed by atoms with Gasteiger partial charge < -0.3 is 5.32 Å². The summed E-state index contributed by atoms with van der Waals surface area (Å²) in [6, 6.07) is 23.8. The van der Waals surface area contributed by atoms with Gasteiger partial charge in [-0.25, -0.2) is 23.1 Å². The molecule has 7 nitrogen and oxygen atoms in total. The molecule has 1 aromatic heterocycles. The Balaban J connectivity index is 1.57. The van der Waals surface area contributed by atoms with Crippen LogP contribution in [0.25, 0.3) is 11.6 Å². The van der Waals surface area contributed by atoms with Crippen molar-refractivity contribution >= 4 is 50.8 Å². The molecule has 4 rings (SSSR count). The minimum absolute atomic E-state index is 0.00726. The van der Waals surface area contributed by atoms with Crippen molar-refractivity contribution in [2.45, 2.75) is 4.90 Å². The zero-order valence-corrected chi connectivity index (χ0v) is 19.3. The number of nitrogens with zero attached hydrogens (tertiary/aromatic N) is 2. The van der Waals surface area contributed by atoms with E-state index >= 15 is 0 Å². The average Bonchev–Trinajstić information content (AvgIpc) is 2.85. The van der Waals surface area contributed by atoms with Crippen LogP contribution in [0.5, 0.6) is 0 Å². The van der Waals surface area contributed by atoms with Gasteiger partial charge in [0.15, 0.2) is 0 Å². The molecule has 0 saturated carbocycles. The Hall–Kier alpha value is -4.01. The van der Waals surface area contributed by atoms with Gasteiger partial charge in [0.25, 0.3) is 15.9 Å². The maximum atomic E-state index is 13.2. The Bertz CT molecular complexity index is 1430. The molecule has 0 radical (unpaired) electrons. The number of hydrogen-bond acceptors (Lipinski definition) is 5. The molecule has 0 bridgehead atoms. The highest BCUT2D eigenvalue weighted by atomic mass is 35.5.